The molecule has 1 amide bonds. The van der Waals surface area contributed by atoms with Crippen LogP contribution in [0.4, 0.5) is 0 Å². The molecular formula is C75H148N2O6P+. The third-order valence-corrected chi connectivity index (χ3v) is 18.4. The van der Waals surface area contributed by atoms with Crippen molar-refractivity contribution in [1.82, 2.24) is 5.32 Å². The summed E-state index contributed by atoms with van der Waals surface area (Å²) in [6, 6.07) is -0.760. The second-order valence-corrected chi connectivity index (χ2v) is 28.5. The van der Waals surface area contributed by atoms with Gasteiger partial charge in [0.2, 0.25) is 5.91 Å². The highest BCUT2D eigenvalue weighted by Gasteiger charge is 2.28. The summed E-state index contributed by atoms with van der Waals surface area (Å²) in [6.07, 6.45) is 88.4. The number of amides is 1. The smallest absolute Gasteiger partial charge is 0.391 e. The highest BCUT2D eigenvalue weighted by Crippen LogP contribution is 2.43. The van der Waals surface area contributed by atoms with Gasteiger partial charge >= 0.3 is 7.82 Å². The molecule has 0 fully saturated rings. The standard InChI is InChI=1S/C75H147N2O6P/c1-6-8-10-12-14-16-18-20-22-24-26-28-30-31-32-33-34-35-36-37-38-39-40-41-42-43-44-45-47-49-51-53-55-57-59-61-63-65-67-69-75(79)76-73(72-83-84(80,81)82-71-70-77(3,4)5)74(78)68-66-64-62-60-58-56-54-52-50-48-46-29-27-25-23-21-19-17-15-13-11-9-7-2/h18,20,24,26,30-31,73-74,78H,6-17,19,21-23,25,27-29,32-72H2,1-5H3,(H-,76,79,80,81)/p+1/b20-18-,26-24-,31-30-. The molecule has 3 atom stereocenters. The van der Waals surface area contributed by atoms with Crippen LogP contribution in [0.15, 0.2) is 36.5 Å². The average Bonchev–Trinajstić information content (AvgIpc) is 3.56. The zero-order valence-corrected chi connectivity index (χ0v) is 58.1. The van der Waals surface area contributed by atoms with E-state index in [0.29, 0.717) is 23.9 Å². The van der Waals surface area contributed by atoms with E-state index in [1.807, 2.05) is 21.1 Å². The molecule has 0 spiro atoms. The van der Waals surface area contributed by atoms with E-state index in [9.17, 15) is 19.4 Å². The molecule has 0 aliphatic rings. The van der Waals surface area contributed by atoms with Crippen molar-refractivity contribution < 1.29 is 32.9 Å². The lowest BCUT2D eigenvalue weighted by Crippen LogP contribution is -2.46. The maximum atomic E-state index is 13.1. The van der Waals surface area contributed by atoms with E-state index in [4.69, 9.17) is 9.05 Å². The number of carbonyl (C=O) groups is 1. The summed E-state index contributed by atoms with van der Waals surface area (Å²) >= 11 is 0. The number of carbonyl (C=O) groups excluding carboxylic acids is 1. The molecule has 84 heavy (non-hydrogen) atoms. The number of hydrogen-bond donors (Lipinski definition) is 3. The number of nitrogens with zero attached hydrogens (tertiary/aromatic N) is 1. The van der Waals surface area contributed by atoms with E-state index in [2.05, 4.69) is 55.6 Å². The Balaban J connectivity index is 3.91. The molecule has 0 bridgehead atoms. The molecular weight excluding hydrogens is 1060 g/mol. The number of phosphoric acid groups is 1. The Bertz CT molecular complexity index is 1460. The lowest BCUT2D eigenvalue weighted by Gasteiger charge is -2.26. The van der Waals surface area contributed by atoms with Gasteiger partial charge in [0.15, 0.2) is 0 Å². The van der Waals surface area contributed by atoms with Gasteiger partial charge in [0, 0.05) is 6.42 Å². The maximum absolute atomic E-state index is 13.1. The third kappa shape index (κ3) is 68.2. The average molecular weight is 1200 g/mol. The van der Waals surface area contributed by atoms with Gasteiger partial charge in [0.25, 0.3) is 0 Å². The summed E-state index contributed by atoms with van der Waals surface area (Å²) < 4.78 is 23.9. The summed E-state index contributed by atoms with van der Waals surface area (Å²) in [5.41, 5.74) is 0. The molecule has 9 heteroatoms. The zero-order chi connectivity index (χ0) is 61.2. The predicted molar refractivity (Wildman–Crippen MR) is 369 cm³/mol. The lowest BCUT2D eigenvalue weighted by molar-refractivity contribution is -0.870. The maximum Gasteiger partial charge on any atom is 0.472 e. The number of likely N-dealkylation sites (N-methyl/N-ethyl adjacent to an activating group) is 1. The highest BCUT2D eigenvalue weighted by molar-refractivity contribution is 7.47. The normalized spacial score (nSPS) is 13.8. The molecule has 0 saturated carbocycles. The number of phosphoric ester groups is 1. The minimum Gasteiger partial charge on any atom is -0.391 e. The van der Waals surface area contributed by atoms with Gasteiger partial charge in [0.05, 0.1) is 39.9 Å². The molecule has 0 aliphatic carbocycles. The van der Waals surface area contributed by atoms with E-state index in [1.165, 1.54) is 308 Å². The van der Waals surface area contributed by atoms with Crippen LogP contribution in [0, 0.1) is 0 Å². The molecule has 0 aliphatic heterocycles. The van der Waals surface area contributed by atoms with Gasteiger partial charge in [-0.15, -0.1) is 0 Å². The minimum atomic E-state index is -4.33. The first-order chi connectivity index (χ1) is 41.0. The van der Waals surface area contributed by atoms with Crippen molar-refractivity contribution in [3.63, 3.8) is 0 Å². The monoisotopic (exact) mass is 1200 g/mol. The van der Waals surface area contributed by atoms with Gasteiger partial charge in [-0.25, -0.2) is 4.57 Å². The van der Waals surface area contributed by atoms with Gasteiger partial charge in [-0.1, -0.05) is 365 Å². The fraction of sp³-hybridized carbons (Fsp3) is 0.907. The quantitative estimate of drug-likeness (QED) is 0.0243. The van der Waals surface area contributed by atoms with Crippen LogP contribution in [0.25, 0.3) is 0 Å². The lowest BCUT2D eigenvalue weighted by atomic mass is 10.0. The van der Waals surface area contributed by atoms with Crippen molar-refractivity contribution in [2.45, 2.75) is 398 Å². The fourth-order valence-corrected chi connectivity index (χ4v) is 12.3. The summed E-state index contributed by atoms with van der Waals surface area (Å²) in [5.74, 6) is -0.135. The van der Waals surface area contributed by atoms with Gasteiger partial charge in [-0.05, 0) is 51.4 Å². The number of aliphatic hydroxyl groups is 1. The first-order valence-corrected chi connectivity index (χ1v) is 38.8. The molecule has 0 rings (SSSR count). The van der Waals surface area contributed by atoms with Crippen molar-refractivity contribution >= 4 is 13.7 Å². The van der Waals surface area contributed by atoms with Crippen molar-refractivity contribution in [1.29, 1.82) is 0 Å². The molecule has 0 saturated heterocycles. The van der Waals surface area contributed by atoms with Crippen LogP contribution in [0.5, 0.6) is 0 Å². The van der Waals surface area contributed by atoms with E-state index < -0.39 is 20.0 Å². The molecule has 0 radical (unpaired) electrons. The van der Waals surface area contributed by atoms with Crippen molar-refractivity contribution in [3.05, 3.63) is 36.5 Å². The van der Waals surface area contributed by atoms with Crippen LogP contribution < -0.4 is 5.32 Å². The molecule has 498 valence electrons. The zero-order valence-electron chi connectivity index (χ0n) is 57.2. The van der Waals surface area contributed by atoms with E-state index in [0.717, 1.165) is 51.4 Å². The largest absolute Gasteiger partial charge is 0.472 e. The van der Waals surface area contributed by atoms with E-state index in [1.54, 1.807) is 0 Å². The first kappa shape index (κ1) is 82.7. The van der Waals surface area contributed by atoms with Crippen molar-refractivity contribution in [3.8, 4) is 0 Å². The Kier molecular flexibility index (Phi) is 65.1. The molecule has 8 nitrogen and oxygen atoms in total. The van der Waals surface area contributed by atoms with Crippen LogP contribution in [0.2, 0.25) is 0 Å². The van der Waals surface area contributed by atoms with Crippen molar-refractivity contribution in [2.75, 3.05) is 40.9 Å². The first-order valence-electron chi connectivity index (χ1n) is 37.4. The summed E-state index contributed by atoms with van der Waals surface area (Å²) in [6.45, 7) is 4.94. The van der Waals surface area contributed by atoms with E-state index in [-0.39, 0.29) is 19.1 Å². The van der Waals surface area contributed by atoms with Gasteiger partial charge in [-0.2, -0.15) is 0 Å². The fourth-order valence-electron chi connectivity index (χ4n) is 11.6. The summed E-state index contributed by atoms with van der Waals surface area (Å²) in [4.78, 5) is 23.5. The second kappa shape index (κ2) is 66.1. The number of nitrogens with one attached hydrogen (secondary N) is 1. The van der Waals surface area contributed by atoms with Crippen LogP contribution in [0.1, 0.15) is 386 Å². The Labute approximate surface area is 525 Å². The molecule has 3 N–H and O–H groups in total. The van der Waals surface area contributed by atoms with Crippen LogP contribution in [-0.2, 0) is 18.4 Å². The summed E-state index contributed by atoms with van der Waals surface area (Å²) in [7, 11) is 1.64. The molecule has 0 aromatic rings. The molecule has 3 unspecified atom stereocenters. The number of hydrogen-bond acceptors (Lipinski definition) is 5. The Hall–Kier alpha value is -1.28. The van der Waals surface area contributed by atoms with Crippen LogP contribution in [0.3, 0.4) is 0 Å². The summed E-state index contributed by atoms with van der Waals surface area (Å²) in [5, 5.41) is 14.2. The topological polar surface area (TPSA) is 105 Å². The Morgan fingerprint density at radius 1 is 0.405 bits per heavy atom. The Morgan fingerprint density at radius 2 is 0.679 bits per heavy atom. The van der Waals surface area contributed by atoms with Crippen LogP contribution >= 0.6 is 7.82 Å². The molecule has 0 aromatic carbocycles. The second-order valence-electron chi connectivity index (χ2n) is 27.0. The van der Waals surface area contributed by atoms with Crippen LogP contribution in [-0.4, -0.2) is 73.4 Å². The third-order valence-electron chi connectivity index (χ3n) is 17.4. The van der Waals surface area contributed by atoms with Gasteiger partial charge in [-0.3, -0.25) is 13.8 Å². The predicted octanol–water partition coefficient (Wildman–Crippen LogP) is 24.0. The number of quaternary nitrogens is 1. The highest BCUT2D eigenvalue weighted by atomic mass is 31.2. The van der Waals surface area contributed by atoms with Crippen molar-refractivity contribution in [2.24, 2.45) is 0 Å². The SMILES string of the molecule is CCCCCCC/C=C\C/C=C\C/C=C\CCCCCCCCCCCCCCCCCCCCCCCCCCC(=O)NC(COP(=O)(O)OCC[N+](C)(C)C)C(O)CCCCCCCCCCCCCCCCCCCCCCCCC. The number of aliphatic hydroxyl groups excluding tert-OH is 1. The Morgan fingerprint density at radius 3 is 0.988 bits per heavy atom. The minimum absolute atomic E-state index is 0.0775. The van der Waals surface area contributed by atoms with E-state index >= 15 is 0 Å². The molecule has 0 aromatic heterocycles. The molecule has 0 heterocycles. The van der Waals surface area contributed by atoms with Gasteiger partial charge < -0.3 is 19.8 Å². The number of allylic oxidation sites excluding steroid dienone is 6. The number of unbranched alkanes of at least 4 members (excludes halogenated alkanes) is 51. The van der Waals surface area contributed by atoms with Gasteiger partial charge in [0.1, 0.15) is 13.2 Å². The number of rotatable bonds is 70.